The average Bonchev–Trinajstić information content (AvgIpc) is 3.39. The summed E-state index contributed by atoms with van der Waals surface area (Å²) in [6.45, 7) is 4.57. The number of rotatable bonds is 5. The number of aliphatic hydroxyl groups excluding tert-OH is 1. The monoisotopic (exact) mass is 399 g/mol. The van der Waals surface area contributed by atoms with E-state index in [1.165, 1.54) is 0 Å². The van der Waals surface area contributed by atoms with Crippen molar-refractivity contribution in [1.29, 1.82) is 0 Å². The normalized spacial score (nSPS) is 21.0. The van der Waals surface area contributed by atoms with Gasteiger partial charge in [-0.2, -0.15) is 10.1 Å². The fourth-order valence-electron chi connectivity index (χ4n) is 4.04. The molecule has 1 unspecified atom stereocenters. The Kier molecular flexibility index (Phi) is 5.16. The number of H-pyrrole nitrogens is 1. The first kappa shape index (κ1) is 19.6. The molecule has 9 heteroatoms. The largest absolute Gasteiger partial charge is 0.391 e. The maximum absolute atomic E-state index is 12.6. The molecule has 4 rings (SSSR count). The highest BCUT2D eigenvalue weighted by Gasteiger charge is 2.39. The first-order chi connectivity index (χ1) is 13.8. The average molecular weight is 399 g/mol. The zero-order valence-corrected chi connectivity index (χ0v) is 17.4. The van der Waals surface area contributed by atoms with Gasteiger partial charge in [0.15, 0.2) is 5.82 Å². The summed E-state index contributed by atoms with van der Waals surface area (Å²) in [7, 11) is 3.46. The lowest BCUT2D eigenvalue weighted by atomic mass is 10.1. The van der Waals surface area contributed by atoms with E-state index in [1.54, 1.807) is 19.0 Å². The van der Waals surface area contributed by atoms with Crippen molar-refractivity contribution < 1.29 is 9.90 Å². The predicted molar refractivity (Wildman–Crippen MR) is 110 cm³/mol. The molecule has 1 fully saturated rings. The second kappa shape index (κ2) is 7.62. The van der Waals surface area contributed by atoms with Gasteiger partial charge in [-0.3, -0.25) is 9.89 Å². The Hall–Kier alpha value is -2.68. The summed E-state index contributed by atoms with van der Waals surface area (Å²) in [6.07, 6.45) is 2.65. The van der Waals surface area contributed by atoms with Crippen molar-refractivity contribution in [3.05, 3.63) is 23.0 Å². The van der Waals surface area contributed by atoms with Gasteiger partial charge >= 0.3 is 0 Å². The number of carbonyl (C=O) groups excluding carboxylic acids is 1. The molecular weight excluding hydrogens is 370 g/mol. The van der Waals surface area contributed by atoms with Crippen LogP contribution in [0.1, 0.15) is 49.6 Å². The van der Waals surface area contributed by atoms with Gasteiger partial charge in [0.1, 0.15) is 11.9 Å². The van der Waals surface area contributed by atoms with E-state index >= 15 is 0 Å². The van der Waals surface area contributed by atoms with Gasteiger partial charge in [-0.15, -0.1) is 0 Å². The molecule has 1 aliphatic heterocycles. The van der Waals surface area contributed by atoms with Crippen molar-refractivity contribution in [2.75, 3.05) is 30.9 Å². The summed E-state index contributed by atoms with van der Waals surface area (Å²) in [6, 6.07) is 1.54. The molecule has 156 valence electrons. The Bertz CT molecular complexity index is 908. The van der Waals surface area contributed by atoms with Crippen LogP contribution in [-0.4, -0.2) is 68.9 Å². The minimum absolute atomic E-state index is 0.0472. The van der Waals surface area contributed by atoms with Crippen molar-refractivity contribution in [2.45, 2.75) is 57.6 Å². The summed E-state index contributed by atoms with van der Waals surface area (Å²) >= 11 is 0. The molecule has 2 atom stereocenters. The smallest absolute Gasteiger partial charge is 0.244 e. The molecule has 29 heavy (non-hydrogen) atoms. The molecule has 2 aromatic heterocycles. The second-order valence-corrected chi connectivity index (χ2v) is 8.43. The molecule has 0 bridgehead atoms. The molecular formula is C20H29N7O2. The van der Waals surface area contributed by atoms with Crippen LogP contribution in [0.3, 0.4) is 0 Å². The number of aromatic nitrogens is 4. The first-order valence-corrected chi connectivity index (χ1v) is 10.2. The van der Waals surface area contributed by atoms with Crippen molar-refractivity contribution in [2.24, 2.45) is 0 Å². The highest BCUT2D eigenvalue weighted by Crippen LogP contribution is 2.33. The fourth-order valence-corrected chi connectivity index (χ4v) is 4.04. The number of aromatic amines is 1. The van der Waals surface area contributed by atoms with Gasteiger partial charge in [-0.1, -0.05) is 13.8 Å². The second-order valence-electron chi connectivity index (χ2n) is 8.43. The van der Waals surface area contributed by atoms with Gasteiger partial charge in [0.05, 0.1) is 11.8 Å². The van der Waals surface area contributed by atoms with E-state index in [1.807, 2.05) is 11.0 Å². The number of anilines is 3. The van der Waals surface area contributed by atoms with Crippen LogP contribution in [0, 0.1) is 0 Å². The van der Waals surface area contributed by atoms with Crippen LogP contribution in [0.25, 0.3) is 0 Å². The Morgan fingerprint density at radius 1 is 1.34 bits per heavy atom. The van der Waals surface area contributed by atoms with Crippen LogP contribution in [0.2, 0.25) is 0 Å². The summed E-state index contributed by atoms with van der Waals surface area (Å²) < 4.78 is 0. The molecule has 1 saturated heterocycles. The Labute approximate surface area is 170 Å². The van der Waals surface area contributed by atoms with E-state index in [4.69, 9.17) is 9.97 Å². The van der Waals surface area contributed by atoms with Gasteiger partial charge in [0.2, 0.25) is 11.9 Å². The summed E-state index contributed by atoms with van der Waals surface area (Å²) in [5, 5.41) is 21.0. The zero-order chi connectivity index (χ0) is 20.7. The lowest BCUT2D eigenvalue weighted by Gasteiger charge is -2.26. The van der Waals surface area contributed by atoms with Gasteiger partial charge in [0, 0.05) is 44.4 Å². The number of hydrogen-bond donors (Lipinski definition) is 3. The third kappa shape index (κ3) is 3.78. The molecule has 2 aliphatic rings. The van der Waals surface area contributed by atoms with E-state index in [9.17, 15) is 9.90 Å². The third-order valence-corrected chi connectivity index (χ3v) is 5.65. The maximum Gasteiger partial charge on any atom is 0.244 e. The number of aliphatic hydroxyl groups is 1. The standard InChI is InChI=1S/C20H29N7O2/c1-11(2)15-9-17(25-24-15)22-18-13-6-5-7-14(13)21-20(23-18)27-10-12(28)8-16(27)19(29)26(3)4/h9,11-12,16,28H,5-8,10H2,1-4H3,(H2,21,22,23,24,25)/t12?,16-/m1/s1. The van der Waals surface area contributed by atoms with E-state index in [0.717, 1.165) is 47.8 Å². The number of amides is 1. The van der Waals surface area contributed by atoms with Crippen LogP contribution in [0.4, 0.5) is 17.6 Å². The third-order valence-electron chi connectivity index (χ3n) is 5.65. The predicted octanol–water partition coefficient (Wildman–Crippen LogP) is 1.58. The van der Waals surface area contributed by atoms with E-state index in [-0.39, 0.29) is 5.91 Å². The van der Waals surface area contributed by atoms with Crippen molar-refractivity contribution in [1.82, 2.24) is 25.1 Å². The zero-order valence-electron chi connectivity index (χ0n) is 17.4. The molecule has 3 N–H and O–H groups in total. The SMILES string of the molecule is CC(C)c1cc(Nc2nc(N3CC(O)C[C@@H]3C(=O)N(C)C)nc3c2CCC3)n[nH]1. The highest BCUT2D eigenvalue weighted by atomic mass is 16.3. The Balaban J connectivity index is 1.68. The number of β-amino-alcohol motifs (C(OH)–C–C–N with tert-alkyl or cyclic N) is 1. The van der Waals surface area contributed by atoms with Crippen LogP contribution < -0.4 is 10.2 Å². The number of aryl methyl sites for hydroxylation is 1. The molecule has 3 heterocycles. The van der Waals surface area contributed by atoms with Gasteiger partial charge in [-0.05, 0) is 25.2 Å². The number of likely N-dealkylation sites (N-methyl/N-ethyl adjacent to an activating group) is 1. The summed E-state index contributed by atoms with van der Waals surface area (Å²) in [4.78, 5) is 25.6. The minimum atomic E-state index is -0.572. The molecule has 2 aromatic rings. The number of fused-ring (bicyclic) bond motifs is 1. The molecule has 0 radical (unpaired) electrons. The van der Waals surface area contributed by atoms with Crippen LogP contribution in [0.15, 0.2) is 6.07 Å². The topological polar surface area (TPSA) is 110 Å². The lowest BCUT2D eigenvalue weighted by molar-refractivity contribution is -0.130. The molecule has 0 aromatic carbocycles. The first-order valence-electron chi connectivity index (χ1n) is 10.2. The van der Waals surface area contributed by atoms with Crippen LogP contribution in [0.5, 0.6) is 0 Å². The lowest BCUT2D eigenvalue weighted by Crippen LogP contribution is -2.43. The number of hydrogen-bond acceptors (Lipinski definition) is 7. The summed E-state index contributed by atoms with van der Waals surface area (Å²) in [5.41, 5.74) is 3.17. The van der Waals surface area contributed by atoms with Crippen LogP contribution in [-0.2, 0) is 17.6 Å². The summed E-state index contributed by atoms with van der Waals surface area (Å²) in [5.74, 6) is 2.25. The number of carbonyl (C=O) groups is 1. The van der Waals surface area contributed by atoms with Crippen molar-refractivity contribution in [3.63, 3.8) is 0 Å². The quantitative estimate of drug-likeness (QED) is 0.700. The molecule has 1 amide bonds. The molecule has 1 aliphatic carbocycles. The van der Waals surface area contributed by atoms with Gasteiger partial charge < -0.3 is 20.2 Å². The number of nitrogens with zero attached hydrogens (tertiary/aromatic N) is 5. The Morgan fingerprint density at radius 3 is 2.83 bits per heavy atom. The minimum Gasteiger partial charge on any atom is -0.391 e. The highest BCUT2D eigenvalue weighted by molar-refractivity contribution is 5.85. The fraction of sp³-hybridized carbons (Fsp3) is 0.600. The number of nitrogens with one attached hydrogen (secondary N) is 2. The van der Waals surface area contributed by atoms with E-state index < -0.39 is 12.1 Å². The van der Waals surface area contributed by atoms with E-state index in [0.29, 0.717) is 24.8 Å². The van der Waals surface area contributed by atoms with Crippen LogP contribution >= 0.6 is 0 Å². The van der Waals surface area contributed by atoms with Crippen molar-refractivity contribution in [3.8, 4) is 0 Å². The van der Waals surface area contributed by atoms with Gasteiger partial charge in [0.25, 0.3) is 0 Å². The Morgan fingerprint density at radius 2 is 2.14 bits per heavy atom. The maximum atomic E-state index is 12.6. The van der Waals surface area contributed by atoms with Crippen molar-refractivity contribution >= 4 is 23.5 Å². The molecule has 0 spiro atoms. The molecule has 9 nitrogen and oxygen atoms in total. The van der Waals surface area contributed by atoms with E-state index in [2.05, 4.69) is 29.4 Å². The molecule has 0 saturated carbocycles. The van der Waals surface area contributed by atoms with Gasteiger partial charge in [-0.25, -0.2) is 4.98 Å².